The quantitative estimate of drug-likeness (QED) is 0.548. The van der Waals surface area contributed by atoms with Gasteiger partial charge in [0.25, 0.3) is 0 Å². The second-order valence-electron chi connectivity index (χ2n) is 14.3. The van der Waals surface area contributed by atoms with Crippen LogP contribution in [0.4, 0.5) is 0 Å². The maximum Gasteiger partial charge on any atom is 0.133 e. The van der Waals surface area contributed by atoms with Crippen LogP contribution in [0.3, 0.4) is 0 Å². The van der Waals surface area contributed by atoms with Gasteiger partial charge in [-0.15, -0.1) is 0 Å². The lowest BCUT2D eigenvalue weighted by Gasteiger charge is -2.72. The highest BCUT2D eigenvalue weighted by Crippen LogP contribution is 2.77. The molecule has 0 aliphatic heterocycles. The fourth-order valence-electron chi connectivity index (χ4n) is 11.5. The van der Waals surface area contributed by atoms with Crippen molar-refractivity contribution < 1.29 is 15.0 Å². The molecule has 5 fully saturated rings. The largest absolute Gasteiger partial charge is 0.396 e. The van der Waals surface area contributed by atoms with E-state index in [2.05, 4.69) is 34.6 Å². The van der Waals surface area contributed by atoms with Gasteiger partial charge in [-0.05, 0) is 122 Å². The Kier molecular flexibility index (Phi) is 5.15. The monoisotopic (exact) mass is 444 g/mol. The maximum atomic E-state index is 12.7. The van der Waals surface area contributed by atoms with Crippen LogP contribution in [0.1, 0.15) is 106 Å². The van der Waals surface area contributed by atoms with Gasteiger partial charge in [0.15, 0.2) is 0 Å². The third-order valence-electron chi connectivity index (χ3n) is 13.4. The molecule has 0 aromatic heterocycles. The molecular weight excluding hydrogens is 396 g/mol. The normalized spacial score (nSPS) is 56.5. The van der Waals surface area contributed by atoms with E-state index < -0.39 is 0 Å². The van der Waals surface area contributed by atoms with E-state index in [1.54, 1.807) is 6.92 Å². The summed E-state index contributed by atoms with van der Waals surface area (Å²) in [5.41, 5.74) is 0.805. The Morgan fingerprint density at radius 3 is 2.19 bits per heavy atom. The number of aliphatic hydroxyl groups is 2. The number of ketones is 1. The van der Waals surface area contributed by atoms with Crippen LogP contribution in [0.15, 0.2) is 0 Å². The first-order valence-corrected chi connectivity index (χ1v) is 13.7. The molecule has 0 aromatic rings. The van der Waals surface area contributed by atoms with E-state index in [-0.39, 0.29) is 40.3 Å². The number of carbonyl (C=O) groups excluding carboxylic acids is 1. The zero-order valence-corrected chi connectivity index (χ0v) is 21.5. The molecule has 3 unspecified atom stereocenters. The molecule has 182 valence electrons. The number of aliphatic hydroxyl groups excluding tert-OH is 2. The van der Waals surface area contributed by atoms with Gasteiger partial charge in [-0.1, -0.05) is 34.6 Å². The first-order valence-electron chi connectivity index (χ1n) is 13.7. The van der Waals surface area contributed by atoms with E-state index in [9.17, 15) is 15.0 Å². The van der Waals surface area contributed by atoms with Crippen molar-refractivity contribution in [3.8, 4) is 0 Å². The van der Waals surface area contributed by atoms with Crippen molar-refractivity contribution in [3.63, 3.8) is 0 Å². The highest BCUT2D eigenvalue weighted by atomic mass is 16.3. The van der Waals surface area contributed by atoms with Crippen molar-refractivity contribution in [2.45, 2.75) is 112 Å². The van der Waals surface area contributed by atoms with Crippen LogP contribution in [0, 0.1) is 56.7 Å². The Hall–Kier alpha value is -0.410. The summed E-state index contributed by atoms with van der Waals surface area (Å²) < 4.78 is 0. The lowest BCUT2D eigenvalue weighted by molar-refractivity contribution is -0.249. The second-order valence-corrected chi connectivity index (χ2v) is 14.3. The van der Waals surface area contributed by atoms with Crippen LogP contribution in [0.5, 0.6) is 0 Å². The molecule has 5 rings (SSSR count). The van der Waals surface area contributed by atoms with E-state index in [1.165, 1.54) is 32.1 Å². The van der Waals surface area contributed by atoms with Crippen LogP contribution < -0.4 is 0 Å². The second kappa shape index (κ2) is 7.06. The lowest BCUT2D eigenvalue weighted by Crippen LogP contribution is -2.66. The molecule has 10 atom stereocenters. The smallest absolute Gasteiger partial charge is 0.133 e. The van der Waals surface area contributed by atoms with E-state index >= 15 is 0 Å². The van der Waals surface area contributed by atoms with Gasteiger partial charge >= 0.3 is 0 Å². The molecule has 0 radical (unpaired) electrons. The zero-order valence-electron chi connectivity index (χ0n) is 21.5. The van der Waals surface area contributed by atoms with Crippen molar-refractivity contribution in [2.75, 3.05) is 6.61 Å². The number of carbonyl (C=O) groups is 1. The predicted octanol–water partition coefficient (Wildman–Crippen LogP) is 6.01. The van der Waals surface area contributed by atoms with Gasteiger partial charge in [0.1, 0.15) is 5.78 Å². The Balaban J connectivity index is 1.55. The highest BCUT2D eigenvalue weighted by Gasteiger charge is 2.70. The molecule has 5 saturated carbocycles. The fraction of sp³-hybridized carbons (Fsp3) is 0.966. The summed E-state index contributed by atoms with van der Waals surface area (Å²) in [6.45, 7) is 14.5. The third-order valence-corrected chi connectivity index (χ3v) is 13.4. The third kappa shape index (κ3) is 2.65. The van der Waals surface area contributed by atoms with Crippen LogP contribution in [0.2, 0.25) is 0 Å². The van der Waals surface area contributed by atoms with Crippen LogP contribution in [-0.2, 0) is 4.79 Å². The minimum absolute atomic E-state index is 0.00410. The van der Waals surface area contributed by atoms with Crippen molar-refractivity contribution in [2.24, 2.45) is 56.7 Å². The van der Waals surface area contributed by atoms with Gasteiger partial charge in [-0.3, -0.25) is 4.79 Å². The average molecular weight is 445 g/mol. The van der Waals surface area contributed by atoms with Crippen molar-refractivity contribution >= 4 is 5.78 Å². The Labute approximate surface area is 196 Å². The first kappa shape index (κ1) is 23.3. The SMILES string of the molecule is CC(=O)C1CC[C@]2(CO)CC[C@]3(C)C(CC[C@@H]4[C@@]5(C)CC[C@H](O)C(C)(C)[C@@H]5CC[C@]43C)C12. The molecule has 0 aromatic carbocycles. The Bertz CT molecular complexity index is 789. The molecule has 5 aliphatic rings. The molecule has 5 aliphatic carbocycles. The van der Waals surface area contributed by atoms with Crippen molar-refractivity contribution in [1.82, 2.24) is 0 Å². The molecular formula is C29H48O3. The number of rotatable bonds is 2. The van der Waals surface area contributed by atoms with Crippen molar-refractivity contribution in [3.05, 3.63) is 0 Å². The predicted molar refractivity (Wildman–Crippen MR) is 128 cm³/mol. The van der Waals surface area contributed by atoms with Gasteiger partial charge in [-0.25, -0.2) is 0 Å². The van der Waals surface area contributed by atoms with E-state index in [0.29, 0.717) is 34.9 Å². The van der Waals surface area contributed by atoms with Gasteiger partial charge < -0.3 is 10.2 Å². The molecule has 0 saturated heterocycles. The van der Waals surface area contributed by atoms with Crippen molar-refractivity contribution in [1.29, 1.82) is 0 Å². The summed E-state index contributed by atoms with van der Waals surface area (Å²) in [5, 5.41) is 21.4. The summed E-state index contributed by atoms with van der Waals surface area (Å²) in [7, 11) is 0. The summed E-state index contributed by atoms with van der Waals surface area (Å²) in [6.07, 6.45) is 11.2. The van der Waals surface area contributed by atoms with Gasteiger partial charge in [0.2, 0.25) is 0 Å². The summed E-state index contributed by atoms with van der Waals surface area (Å²) in [4.78, 5) is 12.7. The number of hydrogen-bond acceptors (Lipinski definition) is 3. The molecule has 3 heteroatoms. The molecule has 32 heavy (non-hydrogen) atoms. The highest BCUT2D eigenvalue weighted by molar-refractivity contribution is 5.79. The maximum absolute atomic E-state index is 12.7. The van der Waals surface area contributed by atoms with Gasteiger partial charge in [0, 0.05) is 12.5 Å². The van der Waals surface area contributed by atoms with E-state index in [0.717, 1.165) is 32.1 Å². The lowest BCUT2D eigenvalue weighted by atomic mass is 9.32. The first-order chi connectivity index (χ1) is 14.9. The number of Topliss-reactive ketones (excluding diaryl/α,β-unsaturated/α-hetero) is 1. The van der Waals surface area contributed by atoms with Gasteiger partial charge in [0.05, 0.1) is 6.10 Å². The number of fused-ring (bicyclic) bond motifs is 7. The zero-order chi connectivity index (χ0) is 23.3. The fourth-order valence-corrected chi connectivity index (χ4v) is 11.5. The van der Waals surface area contributed by atoms with E-state index in [1.807, 2.05) is 0 Å². The number of hydrogen-bond donors (Lipinski definition) is 2. The molecule has 0 bridgehead atoms. The minimum atomic E-state index is -0.175. The summed E-state index contributed by atoms with van der Waals surface area (Å²) in [5.74, 6) is 2.73. The molecule has 0 heterocycles. The topological polar surface area (TPSA) is 57.5 Å². The molecule has 0 amide bonds. The van der Waals surface area contributed by atoms with E-state index in [4.69, 9.17) is 0 Å². The minimum Gasteiger partial charge on any atom is -0.396 e. The summed E-state index contributed by atoms with van der Waals surface area (Å²) in [6, 6.07) is 0. The Morgan fingerprint density at radius 1 is 0.812 bits per heavy atom. The molecule has 2 N–H and O–H groups in total. The standard InChI is InChI=1S/C29H48O3/c1-18(31)19-9-14-29(17-30)16-15-27(5)20(24(19)29)7-8-22-26(4)12-11-23(32)25(2,3)21(26)10-13-28(22,27)6/h19-24,30,32H,7-17H2,1-6H3/t19?,20?,21-,22+,23-,24?,26-,27+,28+,29+/m0/s1. The van der Waals surface area contributed by atoms with Crippen LogP contribution in [0.25, 0.3) is 0 Å². The molecule has 3 nitrogen and oxygen atoms in total. The summed E-state index contributed by atoms with van der Waals surface area (Å²) >= 11 is 0. The average Bonchev–Trinajstić information content (AvgIpc) is 3.12. The molecule has 0 spiro atoms. The van der Waals surface area contributed by atoms with Crippen LogP contribution in [-0.4, -0.2) is 28.7 Å². The van der Waals surface area contributed by atoms with Crippen LogP contribution >= 0.6 is 0 Å². The van der Waals surface area contributed by atoms with Gasteiger partial charge in [-0.2, -0.15) is 0 Å². The Morgan fingerprint density at radius 2 is 1.53 bits per heavy atom.